The Morgan fingerprint density at radius 3 is 2.20 bits per heavy atom. The Labute approximate surface area is 234 Å². The number of likely N-dealkylation sites (tertiary alicyclic amines) is 1. The number of nitrogens with one attached hydrogen (secondary N) is 1. The summed E-state index contributed by atoms with van der Waals surface area (Å²) in [6.45, 7) is 1.58. The van der Waals surface area contributed by atoms with Gasteiger partial charge in [-0.2, -0.15) is 0 Å². The first-order chi connectivity index (χ1) is 19.4. The molecule has 0 bridgehead atoms. The zero-order valence-corrected chi connectivity index (χ0v) is 22.4. The Hall–Kier alpha value is -4.20. The lowest BCUT2D eigenvalue weighted by molar-refractivity contribution is -0.142. The molecule has 210 valence electrons. The fourth-order valence-electron chi connectivity index (χ4n) is 4.86. The summed E-state index contributed by atoms with van der Waals surface area (Å²) in [5.41, 5.74) is 2.76. The van der Waals surface area contributed by atoms with Crippen molar-refractivity contribution in [3.05, 3.63) is 101 Å². The molecule has 0 saturated carbocycles. The average Bonchev–Trinajstić information content (AvgIpc) is 2.97. The lowest BCUT2D eigenvalue weighted by Crippen LogP contribution is -2.44. The molecule has 2 N–H and O–H groups in total. The summed E-state index contributed by atoms with van der Waals surface area (Å²) in [5.74, 6) is -0.847. The predicted octanol–water partition coefficient (Wildman–Crippen LogP) is 4.78. The number of nitrogens with zero attached hydrogens (tertiary/aromatic N) is 1. The number of piperidine rings is 1. The maximum absolute atomic E-state index is 13.1. The number of hydrogen-bond donors (Lipinski definition) is 2. The first-order valence-corrected chi connectivity index (χ1v) is 13.7. The van der Waals surface area contributed by atoms with E-state index in [4.69, 9.17) is 4.74 Å². The molecule has 0 unspecified atom stereocenters. The van der Waals surface area contributed by atoms with Crippen LogP contribution in [0.1, 0.15) is 42.4 Å². The molecule has 7 nitrogen and oxygen atoms in total. The van der Waals surface area contributed by atoms with E-state index in [0.717, 1.165) is 16.7 Å². The predicted molar refractivity (Wildman–Crippen MR) is 149 cm³/mol. The van der Waals surface area contributed by atoms with Gasteiger partial charge in [-0.3, -0.25) is 9.59 Å². The Balaban J connectivity index is 1.18. The lowest BCUT2D eigenvalue weighted by atomic mass is 9.92. The first-order valence-electron chi connectivity index (χ1n) is 13.7. The number of carboxylic acids is 1. The summed E-state index contributed by atoms with van der Waals surface area (Å²) in [5, 5.41) is 12.4. The van der Waals surface area contributed by atoms with Gasteiger partial charge in [-0.25, -0.2) is 9.18 Å². The van der Waals surface area contributed by atoms with Crippen LogP contribution in [0.5, 0.6) is 5.75 Å². The second-order valence-electron chi connectivity index (χ2n) is 10.2. The fourth-order valence-corrected chi connectivity index (χ4v) is 4.86. The monoisotopic (exact) mass is 546 g/mol. The number of carbonyl (C=O) groups excluding carboxylic acids is 2. The van der Waals surface area contributed by atoms with E-state index in [2.05, 4.69) is 5.32 Å². The second kappa shape index (κ2) is 14.3. The summed E-state index contributed by atoms with van der Waals surface area (Å²) in [4.78, 5) is 38.9. The van der Waals surface area contributed by atoms with E-state index in [1.54, 1.807) is 24.3 Å². The van der Waals surface area contributed by atoms with Crippen molar-refractivity contribution in [3.63, 3.8) is 0 Å². The van der Waals surface area contributed by atoms with Crippen molar-refractivity contribution in [2.75, 3.05) is 13.1 Å². The van der Waals surface area contributed by atoms with E-state index in [1.165, 1.54) is 12.1 Å². The molecule has 1 aliphatic heterocycles. The molecule has 8 heteroatoms. The quantitative estimate of drug-likeness (QED) is 0.341. The SMILES string of the molecule is O=C(CC1CCN(C(=O)CCc2ccc(F)cc2)CC1)N[C@@H](Cc1ccc(OCc2ccccc2)cc1)C(=O)O. The van der Waals surface area contributed by atoms with Crippen LogP contribution >= 0.6 is 0 Å². The van der Waals surface area contributed by atoms with Gasteiger partial charge in [-0.15, -0.1) is 0 Å². The maximum atomic E-state index is 13.1. The molecule has 0 radical (unpaired) electrons. The van der Waals surface area contributed by atoms with Crippen LogP contribution in [0.15, 0.2) is 78.9 Å². The van der Waals surface area contributed by atoms with Gasteiger partial charge in [0, 0.05) is 32.4 Å². The highest BCUT2D eigenvalue weighted by molar-refractivity contribution is 5.84. The number of aliphatic carboxylic acids is 1. The highest BCUT2D eigenvalue weighted by atomic mass is 19.1. The maximum Gasteiger partial charge on any atom is 0.326 e. The molecule has 2 amide bonds. The van der Waals surface area contributed by atoms with Crippen LogP contribution in [0.25, 0.3) is 0 Å². The largest absolute Gasteiger partial charge is 0.489 e. The molecule has 40 heavy (non-hydrogen) atoms. The van der Waals surface area contributed by atoms with Crippen LogP contribution in [-0.4, -0.2) is 46.9 Å². The van der Waals surface area contributed by atoms with Gasteiger partial charge in [0.05, 0.1) is 0 Å². The van der Waals surface area contributed by atoms with Gasteiger partial charge in [0.25, 0.3) is 0 Å². The molecule has 4 rings (SSSR count). The van der Waals surface area contributed by atoms with Crippen molar-refractivity contribution in [1.29, 1.82) is 0 Å². The van der Waals surface area contributed by atoms with Crippen LogP contribution in [0, 0.1) is 11.7 Å². The van der Waals surface area contributed by atoms with E-state index in [1.807, 2.05) is 47.4 Å². The normalized spacial score (nSPS) is 14.4. The highest BCUT2D eigenvalue weighted by Gasteiger charge is 2.26. The molecular weight excluding hydrogens is 511 g/mol. The van der Waals surface area contributed by atoms with Crippen LogP contribution < -0.4 is 10.1 Å². The minimum atomic E-state index is -1.08. The number of benzene rings is 3. The molecule has 1 atom stereocenters. The minimum Gasteiger partial charge on any atom is -0.489 e. The number of carbonyl (C=O) groups is 3. The molecule has 1 heterocycles. The summed E-state index contributed by atoms with van der Waals surface area (Å²) in [7, 11) is 0. The zero-order chi connectivity index (χ0) is 28.3. The van der Waals surface area contributed by atoms with Crippen molar-refractivity contribution in [1.82, 2.24) is 10.2 Å². The van der Waals surface area contributed by atoms with Crippen molar-refractivity contribution >= 4 is 17.8 Å². The Bertz CT molecular complexity index is 1260. The zero-order valence-electron chi connectivity index (χ0n) is 22.4. The summed E-state index contributed by atoms with van der Waals surface area (Å²) in [6, 6.07) is 22.2. The molecular formula is C32H35FN2O5. The molecule has 0 aliphatic carbocycles. The van der Waals surface area contributed by atoms with Crippen LogP contribution in [-0.2, 0) is 33.8 Å². The van der Waals surface area contributed by atoms with Gasteiger partial charge < -0.3 is 20.1 Å². The van der Waals surface area contributed by atoms with Crippen LogP contribution in [0.3, 0.4) is 0 Å². The van der Waals surface area contributed by atoms with Crippen molar-refractivity contribution in [2.45, 2.75) is 51.2 Å². The van der Waals surface area contributed by atoms with Crippen LogP contribution in [0.2, 0.25) is 0 Å². The third-order valence-electron chi connectivity index (χ3n) is 7.23. The van der Waals surface area contributed by atoms with E-state index in [0.29, 0.717) is 51.1 Å². The summed E-state index contributed by atoms with van der Waals surface area (Å²) >= 11 is 0. The number of aryl methyl sites for hydroxylation is 1. The van der Waals surface area contributed by atoms with E-state index in [-0.39, 0.29) is 36.4 Å². The first kappa shape index (κ1) is 28.8. The number of hydrogen-bond acceptors (Lipinski definition) is 4. The molecule has 0 spiro atoms. The second-order valence-corrected chi connectivity index (χ2v) is 10.2. The number of amides is 2. The Morgan fingerprint density at radius 2 is 1.55 bits per heavy atom. The molecule has 3 aromatic carbocycles. The topological polar surface area (TPSA) is 95.9 Å². The Morgan fingerprint density at radius 1 is 0.900 bits per heavy atom. The minimum absolute atomic E-state index is 0.0506. The smallest absolute Gasteiger partial charge is 0.326 e. The number of rotatable bonds is 12. The van der Waals surface area contributed by atoms with Crippen molar-refractivity contribution in [2.24, 2.45) is 5.92 Å². The number of carboxylic acid groups (broad SMARTS) is 1. The van der Waals surface area contributed by atoms with Gasteiger partial charge in [0.2, 0.25) is 11.8 Å². The summed E-state index contributed by atoms with van der Waals surface area (Å²) < 4.78 is 18.8. The van der Waals surface area contributed by atoms with Gasteiger partial charge in [-0.1, -0.05) is 54.6 Å². The standard InChI is InChI=1S/C32H35FN2O5/c33-27-11-6-23(7-12-27)10-15-31(37)35-18-16-25(17-19-35)21-30(36)34-29(32(38)39)20-24-8-13-28(14-9-24)40-22-26-4-2-1-3-5-26/h1-9,11-14,25,29H,10,15-22H2,(H,34,36)(H,38,39)/t29-/m0/s1. The summed E-state index contributed by atoms with van der Waals surface area (Å²) in [6.07, 6.45) is 2.70. The molecule has 1 saturated heterocycles. The highest BCUT2D eigenvalue weighted by Crippen LogP contribution is 2.22. The van der Waals surface area contributed by atoms with E-state index in [9.17, 15) is 23.9 Å². The number of ether oxygens (including phenoxy) is 1. The average molecular weight is 547 g/mol. The molecule has 0 aromatic heterocycles. The van der Waals surface area contributed by atoms with E-state index < -0.39 is 12.0 Å². The van der Waals surface area contributed by atoms with Crippen molar-refractivity contribution < 1.29 is 28.6 Å². The lowest BCUT2D eigenvalue weighted by Gasteiger charge is -2.32. The molecule has 1 fully saturated rings. The van der Waals surface area contributed by atoms with Gasteiger partial charge in [-0.05, 0) is 66.1 Å². The third-order valence-corrected chi connectivity index (χ3v) is 7.23. The van der Waals surface area contributed by atoms with Crippen LogP contribution in [0.4, 0.5) is 4.39 Å². The van der Waals surface area contributed by atoms with Gasteiger partial charge >= 0.3 is 5.97 Å². The third kappa shape index (κ3) is 8.93. The molecule has 1 aliphatic rings. The van der Waals surface area contributed by atoms with Crippen molar-refractivity contribution in [3.8, 4) is 5.75 Å². The van der Waals surface area contributed by atoms with E-state index >= 15 is 0 Å². The number of halogens is 1. The molecule has 3 aromatic rings. The van der Waals surface area contributed by atoms with Gasteiger partial charge in [0.15, 0.2) is 0 Å². The van der Waals surface area contributed by atoms with Gasteiger partial charge in [0.1, 0.15) is 24.2 Å². The fraction of sp³-hybridized carbons (Fsp3) is 0.344. The Kier molecular flexibility index (Phi) is 10.3.